The van der Waals surface area contributed by atoms with Crippen LogP contribution in [-0.2, 0) is 11.2 Å². The summed E-state index contributed by atoms with van der Waals surface area (Å²) in [4.78, 5) is 12.6. The van der Waals surface area contributed by atoms with Crippen molar-refractivity contribution in [3.05, 3.63) is 77.3 Å². The van der Waals surface area contributed by atoms with Crippen LogP contribution in [0.5, 0.6) is 5.75 Å². The first-order chi connectivity index (χ1) is 15.0. The van der Waals surface area contributed by atoms with Gasteiger partial charge in [0.1, 0.15) is 17.1 Å². The Hall–Kier alpha value is -3.54. The van der Waals surface area contributed by atoms with Crippen LogP contribution in [0.15, 0.2) is 59.0 Å². The molecule has 1 N–H and O–H groups in total. The molecule has 31 heavy (non-hydrogen) atoms. The fourth-order valence-electron chi connectivity index (χ4n) is 3.87. The summed E-state index contributed by atoms with van der Waals surface area (Å²) in [6.45, 7) is 5.95. The lowest BCUT2D eigenvalue weighted by Gasteiger charge is -2.11. The maximum Gasteiger partial charge on any atom is 0.220 e. The number of methoxy groups -OCH3 is 1. The first-order valence-electron chi connectivity index (χ1n) is 10.4. The third-order valence-corrected chi connectivity index (χ3v) is 5.59. The highest BCUT2D eigenvalue weighted by atomic mass is 16.5. The van der Waals surface area contributed by atoms with E-state index in [1.807, 2.05) is 80.1 Å². The Morgan fingerprint density at radius 1 is 1.16 bits per heavy atom. The highest BCUT2D eigenvalue weighted by Crippen LogP contribution is 2.24. The molecule has 4 aromatic rings. The van der Waals surface area contributed by atoms with Gasteiger partial charge in [0.25, 0.3) is 0 Å². The van der Waals surface area contributed by atoms with Crippen LogP contribution in [-0.4, -0.2) is 22.8 Å². The number of rotatable bonds is 7. The maximum atomic E-state index is 12.6. The van der Waals surface area contributed by atoms with Crippen LogP contribution in [0.4, 0.5) is 0 Å². The minimum atomic E-state index is -0.193. The van der Waals surface area contributed by atoms with Crippen molar-refractivity contribution in [1.29, 1.82) is 0 Å². The van der Waals surface area contributed by atoms with E-state index in [0.29, 0.717) is 12.8 Å². The lowest BCUT2D eigenvalue weighted by atomic mass is 10.1. The Bertz CT molecular complexity index is 1190. The van der Waals surface area contributed by atoms with E-state index in [0.717, 1.165) is 45.1 Å². The van der Waals surface area contributed by atoms with Crippen molar-refractivity contribution in [2.24, 2.45) is 0 Å². The van der Waals surface area contributed by atoms with Crippen LogP contribution in [0.3, 0.4) is 0 Å². The zero-order valence-electron chi connectivity index (χ0n) is 18.3. The van der Waals surface area contributed by atoms with Gasteiger partial charge in [0, 0.05) is 23.6 Å². The summed E-state index contributed by atoms with van der Waals surface area (Å²) in [6.07, 6.45) is 1.01. The SMILES string of the molecule is COc1cccc(-n2nc(C)c(CCC(=O)N[C@H](C)c3cc4ccccc4o3)c2C)c1. The van der Waals surface area contributed by atoms with Crippen LogP contribution in [0, 0.1) is 13.8 Å². The van der Waals surface area contributed by atoms with Gasteiger partial charge in [-0.3, -0.25) is 4.79 Å². The molecule has 2 heterocycles. The smallest absolute Gasteiger partial charge is 0.220 e. The normalized spacial score (nSPS) is 12.1. The van der Waals surface area contributed by atoms with Crippen molar-refractivity contribution in [3.63, 3.8) is 0 Å². The first-order valence-corrected chi connectivity index (χ1v) is 10.4. The van der Waals surface area contributed by atoms with Crippen molar-refractivity contribution in [3.8, 4) is 11.4 Å². The van der Waals surface area contributed by atoms with Crippen molar-refractivity contribution >= 4 is 16.9 Å². The molecule has 0 spiro atoms. The Kier molecular flexibility index (Phi) is 5.80. The number of para-hydroxylation sites is 1. The van der Waals surface area contributed by atoms with Gasteiger partial charge in [0.15, 0.2) is 0 Å². The number of amides is 1. The molecule has 0 aliphatic rings. The molecule has 1 atom stereocenters. The molecule has 2 aromatic heterocycles. The van der Waals surface area contributed by atoms with E-state index in [4.69, 9.17) is 9.15 Å². The van der Waals surface area contributed by atoms with Crippen molar-refractivity contribution in [2.75, 3.05) is 7.11 Å². The Balaban J connectivity index is 1.42. The monoisotopic (exact) mass is 417 g/mol. The molecule has 2 aromatic carbocycles. The van der Waals surface area contributed by atoms with Gasteiger partial charge in [-0.2, -0.15) is 5.10 Å². The largest absolute Gasteiger partial charge is 0.497 e. The first kappa shape index (κ1) is 20.7. The van der Waals surface area contributed by atoms with E-state index in [1.54, 1.807) is 7.11 Å². The molecule has 0 fully saturated rings. The van der Waals surface area contributed by atoms with E-state index in [9.17, 15) is 4.79 Å². The van der Waals surface area contributed by atoms with Gasteiger partial charge < -0.3 is 14.5 Å². The summed E-state index contributed by atoms with van der Waals surface area (Å²) >= 11 is 0. The van der Waals surface area contributed by atoms with Gasteiger partial charge in [0.2, 0.25) is 5.91 Å². The second kappa shape index (κ2) is 8.68. The van der Waals surface area contributed by atoms with Gasteiger partial charge in [-0.05, 0) is 57.0 Å². The molecule has 6 heteroatoms. The number of carbonyl (C=O) groups is 1. The average Bonchev–Trinajstić information content (AvgIpc) is 3.33. The summed E-state index contributed by atoms with van der Waals surface area (Å²) in [5.74, 6) is 1.53. The molecule has 0 bridgehead atoms. The van der Waals surface area contributed by atoms with E-state index in [2.05, 4.69) is 10.4 Å². The van der Waals surface area contributed by atoms with E-state index in [-0.39, 0.29) is 11.9 Å². The Morgan fingerprint density at radius 3 is 2.74 bits per heavy atom. The van der Waals surface area contributed by atoms with Gasteiger partial charge in [-0.15, -0.1) is 0 Å². The predicted molar refractivity (Wildman–Crippen MR) is 121 cm³/mol. The summed E-state index contributed by atoms with van der Waals surface area (Å²) < 4.78 is 13.1. The molecule has 0 unspecified atom stereocenters. The van der Waals surface area contributed by atoms with Crippen LogP contribution < -0.4 is 10.1 Å². The number of furan rings is 1. The molecule has 0 saturated carbocycles. The van der Waals surface area contributed by atoms with Crippen LogP contribution in [0.25, 0.3) is 16.7 Å². The van der Waals surface area contributed by atoms with Crippen molar-refractivity contribution in [1.82, 2.24) is 15.1 Å². The minimum Gasteiger partial charge on any atom is -0.497 e. The number of carbonyl (C=O) groups excluding carboxylic acids is 1. The quantitative estimate of drug-likeness (QED) is 0.457. The highest BCUT2D eigenvalue weighted by Gasteiger charge is 2.17. The Morgan fingerprint density at radius 2 is 1.97 bits per heavy atom. The molecule has 4 rings (SSSR count). The molecular weight excluding hydrogens is 390 g/mol. The van der Waals surface area contributed by atoms with Crippen LogP contribution in [0.1, 0.15) is 42.1 Å². The minimum absolute atomic E-state index is 0.0131. The van der Waals surface area contributed by atoms with Crippen LogP contribution >= 0.6 is 0 Å². The fraction of sp³-hybridized carbons (Fsp3) is 0.280. The summed E-state index contributed by atoms with van der Waals surface area (Å²) in [7, 11) is 1.65. The number of benzene rings is 2. The number of nitrogens with zero attached hydrogens (tertiary/aromatic N) is 2. The van der Waals surface area contributed by atoms with Gasteiger partial charge in [-0.25, -0.2) is 4.68 Å². The molecule has 0 radical (unpaired) electrons. The molecule has 160 valence electrons. The van der Waals surface area contributed by atoms with E-state index >= 15 is 0 Å². The topological polar surface area (TPSA) is 69.3 Å². The maximum absolute atomic E-state index is 12.6. The van der Waals surface area contributed by atoms with Crippen molar-refractivity contribution < 1.29 is 13.9 Å². The number of hydrogen-bond acceptors (Lipinski definition) is 4. The lowest BCUT2D eigenvalue weighted by Crippen LogP contribution is -2.26. The zero-order chi connectivity index (χ0) is 22.0. The number of fused-ring (bicyclic) bond motifs is 1. The molecule has 0 aliphatic carbocycles. The molecular formula is C25H27N3O3. The number of ether oxygens (including phenoxy) is 1. The zero-order valence-corrected chi connectivity index (χ0v) is 18.3. The van der Waals surface area contributed by atoms with Gasteiger partial charge in [-0.1, -0.05) is 24.3 Å². The molecule has 0 aliphatic heterocycles. The van der Waals surface area contributed by atoms with Gasteiger partial charge >= 0.3 is 0 Å². The predicted octanol–water partition coefficient (Wildman–Crippen LogP) is 5.05. The standard InChI is InChI=1S/C25H27N3O3/c1-16-22(18(3)28(27-16)20-9-7-10-21(15-20)30-4)12-13-25(29)26-17(2)24-14-19-8-5-6-11-23(19)31-24/h5-11,14-15,17H,12-13H2,1-4H3,(H,26,29)/t17-/m1/s1. The van der Waals surface area contributed by atoms with Gasteiger partial charge in [0.05, 0.1) is 24.5 Å². The summed E-state index contributed by atoms with van der Waals surface area (Å²) in [5.41, 5.74) is 4.82. The van der Waals surface area contributed by atoms with Crippen LogP contribution in [0.2, 0.25) is 0 Å². The average molecular weight is 418 g/mol. The number of nitrogens with one attached hydrogen (secondary N) is 1. The third kappa shape index (κ3) is 4.33. The highest BCUT2D eigenvalue weighted by molar-refractivity contribution is 5.79. The Labute approximate surface area is 181 Å². The lowest BCUT2D eigenvalue weighted by molar-refractivity contribution is -0.121. The number of aryl methyl sites for hydroxylation is 1. The van der Waals surface area contributed by atoms with E-state index in [1.165, 1.54) is 0 Å². The molecule has 0 saturated heterocycles. The number of aromatic nitrogens is 2. The second-order valence-electron chi connectivity index (χ2n) is 7.74. The summed E-state index contributed by atoms with van der Waals surface area (Å²) in [5, 5.41) is 8.76. The third-order valence-electron chi connectivity index (χ3n) is 5.59. The van der Waals surface area contributed by atoms with Crippen molar-refractivity contribution in [2.45, 2.75) is 39.7 Å². The number of hydrogen-bond donors (Lipinski definition) is 1. The second-order valence-corrected chi connectivity index (χ2v) is 7.74. The molecule has 6 nitrogen and oxygen atoms in total. The fourth-order valence-corrected chi connectivity index (χ4v) is 3.87. The molecule has 1 amide bonds. The summed E-state index contributed by atoms with van der Waals surface area (Å²) in [6, 6.07) is 17.4. The van der Waals surface area contributed by atoms with E-state index < -0.39 is 0 Å².